The zero-order chi connectivity index (χ0) is 19.4. The van der Waals surface area contributed by atoms with E-state index in [0.717, 1.165) is 21.5 Å². The van der Waals surface area contributed by atoms with Gasteiger partial charge in [-0.15, -0.1) is 11.3 Å². The van der Waals surface area contributed by atoms with E-state index in [2.05, 4.69) is 5.32 Å². The normalized spacial score (nSPS) is 11.0. The lowest BCUT2D eigenvalue weighted by Gasteiger charge is -2.12. The number of thiophene rings is 1. The van der Waals surface area contributed by atoms with Crippen LogP contribution in [0.5, 0.6) is 5.75 Å². The van der Waals surface area contributed by atoms with E-state index in [1.54, 1.807) is 31.6 Å². The quantitative estimate of drug-likeness (QED) is 0.630. The van der Waals surface area contributed by atoms with Crippen molar-refractivity contribution in [2.24, 2.45) is 0 Å². The van der Waals surface area contributed by atoms with E-state index in [9.17, 15) is 9.59 Å². The van der Waals surface area contributed by atoms with Gasteiger partial charge < -0.3 is 19.4 Å². The predicted molar refractivity (Wildman–Crippen MR) is 105 cm³/mol. The minimum Gasteiger partial charge on any atom is -0.497 e. The first-order chi connectivity index (χ1) is 13.0. The molecular formula is C20H22N2O4S. The zero-order valence-electron chi connectivity index (χ0n) is 15.5. The van der Waals surface area contributed by atoms with E-state index in [1.807, 2.05) is 35.7 Å². The molecule has 0 saturated carbocycles. The Labute approximate surface area is 161 Å². The molecule has 2 heterocycles. The maximum Gasteiger partial charge on any atom is 0.355 e. The van der Waals surface area contributed by atoms with Crippen molar-refractivity contribution in [2.45, 2.75) is 33.0 Å². The third kappa shape index (κ3) is 4.49. The molecule has 0 aliphatic carbocycles. The van der Waals surface area contributed by atoms with Crippen molar-refractivity contribution in [3.05, 3.63) is 53.0 Å². The molecule has 7 heteroatoms. The van der Waals surface area contributed by atoms with Crippen molar-refractivity contribution in [1.82, 2.24) is 9.88 Å². The molecule has 0 spiro atoms. The van der Waals surface area contributed by atoms with Crippen molar-refractivity contribution < 1.29 is 19.1 Å². The molecular weight excluding hydrogens is 364 g/mol. The first-order valence-corrected chi connectivity index (χ1v) is 9.53. The number of ether oxygens (including phenoxy) is 2. The van der Waals surface area contributed by atoms with E-state index in [1.165, 1.54) is 11.3 Å². The molecule has 0 saturated heterocycles. The lowest BCUT2D eigenvalue weighted by atomic mass is 10.2. The number of carbonyl (C=O) groups excluding carboxylic acids is 2. The summed E-state index contributed by atoms with van der Waals surface area (Å²) in [5.41, 5.74) is 1.33. The van der Waals surface area contributed by atoms with Gasteiger partial charge in [-0.25, -0.2) is 4.79 Å². The molecule has 0 aliphatic rings. The van der Waals surface area contributed by atoms with Crippen LogP contribution in [-0.2, 0) is 22.6 Å². The molecule has 0 aliphatic heterocycles. The summed E-state index contributed by atoms with van der Waals surface area (Å²) in [7, 11) is 1.60. The van der Waals surface area contributed by atoms with Crippen LogP contribution in [-0.4, -0.2) is 29.7 Å². The summed E-state index contributed by atoms with van der Waals surface area (Å²) in [6.45, 7) is 4.04. The lowest BCUT2D eigenvalue weighted by Crippen LogP contribution is -2.28. The molecule has 142 valence electrons. The monoisotopic (exact) mass is 386 g/mol. The molecule has 0 bridgehead atoms. The molecule has 3 aromatic rings. The molecule has 1 aromatic carbocycles. The van der Waals surface area contributed by atoms with E-state index >= 15 is 0 Å². The summed E-state index contributed by atoms with van der Waals surface area (Å²) in [5, 5.41) is 5.75. The van der Waals surface area contributed by atoms with Gasteiger partial charge in [-0.2, -0.15) is 0 Å². The van der Waals surface area contributed by atoms with Gasteiger partial charge in [0.1, 0.15) is 22.8 Å². The van der Waals surface area contributed by atoms with Gasteiger partial charge in [-0.1, -0.05) is 12.1 Å². The predicted octanol–water partition coefficient (Wildman–Crippen LogP) is 3.59. The molecule has 6 nitrogen and oxygen atoms in total. The first kappa shape index (κ1) is 19.0. The van der Waals surface area contributed by atoms with Gasteiger partial charge in [0, 0.05) is 11.9 Å². The molecule has 2 aromatic heterocycles. The van der Waals surface area contributed by atoms with Gasteiger partial charge in [0.05, 0.1) is 13.2 Å². The Balaban J connectivity index is 1.73. The average Bonchev–Trinajstić information content (AvgIpc) is 3.22. The number of nitrogens with one attached hydrogen (secondary N) is 1. The highest BCUT2D eigenvalue weighted by molar-refractivity contribution is 7.16. The van der Waals surface area contributed by atoms with Crippen LogP contribution >= 0.6 is 11.3 Å². The van der Waals surface area contributed by atoms with Gasteiger partial charge in [-0.3, -0.25) is 4.79 Å². The van der Waals surface area contributed by atoms with E-state index in [0.29, 0.717) is 12.2 Å². The van der Waals surface area contributed by atoms with Crippen LogP contribution in [0.3, 0.4) is 0 Å². The van der Waals surface area contributed by atoms with Crippen molar-refractivity contribution >= 4 is 33.4 Å². The number of esters is 1. The third-order valence-electron chi connectivity index (χ3n) is 3.98. The molecule has 27 heavy (non-hydrogen) atoms. The fourth-order valence-electron chi connectivity index (χ4n) is 2.76. The molecule has 0 atom stereocenters. The summed E-state index contributed by atoms with van der Waals surface area (Å²) in [4.78, 5) is 25.8. The fraction of sp³-hybridized carbons (Fsp3) is 0.300. The second-order valence-corrected chi connectivity index (χ2v) is 7.27. The number of carbonyl (C=O) groups is 2. The summed E-state index contributed by atoms with van der Waals surface area (Å²) in [6, 6.07) is 11.2. The van der Waals surface area contributed by atoms with Crippen LogP contribution in [0.25, 0.3) is 10.2 Å². The third-order valence-corrected chi connectivity index (χ3v) is 4.93. The van der Waals surface area contributed by atoms with Gasteiger partial charge in [0.25, 0.3) is 0 Å². The molecule has 3 rings (SSSR count). The van der Waals surface area contributed by atoms with Crippen molar-refractivity contribution in [3.8, 4) is 5.75 Å². The number of rotatable bonds is 7. The number of hydrogen-bond donors (Lipinski definition) is 1. The molecule has 0 fully saturated rings. The number of benzene rings is 1. The van der Waals surface area contributed by atoms with E-state index in [4.69, 9.17) is 9.47 Å². The molecule has 1 N–H and O–H groups in total. The Kier molecular flexibility index (Phi) is 5.81. The number of fused-ring (bicyclic) bond motifs is 1. The first-order valence-electron chi connectivity index (χ1n) is 8.65. The maximum atomic E-state index is 12.5. The highest BCUT2D eigenvalue weighted by atomic mass is 32.1. The summed E-state index contributed by atoms with van der Waals surface area (Å²) < 4.78 is 12.2. The second-order valence-electron chi connectivity index (χ2n) is 6.38. The Morgan fingerprint density at radius 3 is 2.78 bits per heavy atom. The number of hydrogen-bond acceptors (Lipinski definition) is 5. The number of nitrogens with zero attached hydrogens (tertiary/aromatic N) is 1. The zero-order valence-corrected chi connectivity index (χ0v) is 16.3. The molecule has 0 unspecified atom stereocenters. The van der Waals surface area contributed by atoms with Gasteiger partial charge >= 0.3 is 5.97 Å². The topological polar surface area (TPSA) is 69.6 Å². The van der Waals surface area contributed by atoms with Gasteiger partial charge in [0.15, 0.2) is 0 Å². The van der Waals surface area contributed by atoms with Crippen LogP contribution in [0.15, 0.2) is 41.8 Å². The van der Waals surface area contributed by atoms with Gasteiger partial charge in [0.2, 0.25) is 5.91 Å². The Bertz CT molecular complexity index is 958. The highest BCUT2D eigenvalue weighted by Gasteiger charge is 2.20. The Morgan fingerprint density at radius 1 is 1.22 bits per heavy atom. The summed E-state index contributed by atoms with van der Waals surface area (Å²) >= 11 is 1.49. The van der Waals surface area contributed by atoms with Crippen LogP contribution in [0.4, 0.5) is 0 Å². The SMILES string of the molecule is COc1cccc(CNC(=O)Cn2c(C(=O)OC(C)C)cc3ccsc32)c1. The summed E-state index contributed by atoms with van der Waals surface area (Å²) in [6.07, 6.45) is -0.222. The Morgan fingerprint density at radius 2 is 2.04 bits per heavy atom. The fourth-order valence-corrected chi connectivity index (χ4v) is 3.65. The summed E-state index contributed by atoms with van der Waals surface area (Å²) in [5.74, 6) is 0.141. The van der Waals surface area contributed by atoms with Crippen molar-refractivity contribution in [1.29, 1.82) is 0 Å². The minimum absolute atomic E-state index is 0.0521. The second kappa shape index (κ2) is 8.26. The Hall–Kier alpha value is -2.80. The highest BCUT2D eigenvalue weighted by Crippen LogP contribution is 2.26. The van der Waals surface area contributed by atoms with Crippen LogP contribution < -0.4 is 10.1 Å². The number of aromatic nitrogens is 1. The van der Waals surface area contributed by atoms with Crippen molar-refractivity contribution in [3.63, 3.8) is 0 Å². The number of amides is 1. The van der Waals surface area contributed by atoms with E-state index < -0.39 is 5.97 Å². The van der Waals surface area contributed by atoms with Gasteiger partial charge in [-0.05, 0) is 49.1 Å². The van der Waals surface area contributed by atoms with Crippen LogP contribution in [0, 0.1) is 0 Å². The smallest absolute Gasteiger partial charge is 0.355 e. The average molecular weight is 386 g/mol. The number of methoxy groups -OCH3 is 1. The minimum atomic E-state index is -0.422. The van der Waals surface area contributed by atoms with Crippen LogP contribution in [0.1, 0.15) is 29.9 Å². The molecule has 0 radical (unpaired) electrons. The largest absolute Gasteiger partial charge is 0.497 e. The maximum absolute atomic E-state index is 12.5. The lowest BCUT2D eigenvalue weighted by molar-refractivity contribution is -0.121. The van der Waals surface area contributed by atoms with E-state index in [-0.39, 0.29) is 18.6 Å². The van der Waals surface area contributed by atoms with Crippen molar-refractivity contribution in [2.75, 3.05) is 7.11 Å². The standard InChI is InChI=1S/C20H22N2O4S/c1-13(2)26-20(24)17-10-15-7-8-27-19(15)22(17)12-18(23)21-11-14-5-4-6-16(9-14)25-3/h4-10,13H,11-12H2,1-3H3,(H,21,23). The van der Waals surface area contributed by atoms with Crippen LogP contribution in [0.2, 0.25) is 0 Å². The molecule has 1 amide bonds.